The lowest BCUT2D eigenvalue weighted by molar-refractivity contribution is 0.593. The summed E-state index contributed by atoms with van der Waals surface area (Å²) < 4.78 is 25.9. The van der Waals surface area contributed by atoms with Gasteiger partial charge in [-0.2, -0.15) is 0 Å². The summed E-state index contributed by atoms with van der Waals surface area (Å²) in [6.07, 6.45) is 0.469. The largest absolute Gasteiger partial charge is 0.273 e. The summed E-state index contributed by atoms with van der Waals surface area (Å²) in [4.78, 5) is 0. The van der Waals surface area contributed by atoms with Crippen LogP contribution in [-0.4, -0.2) is 21.2 Å². The number of rotatable bonds is 5. The van der Waals surface area contributed by atoms with Gasteiger partial charge in [0.15, 0.2) is 0 Å². The van der Waals surface area contributed by atoms with Gasteiger partial charge >= 0.3 is 0 Å². The zero-order valence-electron chi connectivity index (χ0n) is 11.2. The van der Waals surface area contributed by atoms with Crippen LogP contribution in [0.2, 0.25) is 5.02 Å². The number of benzene rings is 2. The van der Waals surface area contributed by atoms with Gasteiger partial charge in [0.2, 0.25) is 10.0 Å². The second-order valence-corrected chi connectivity index (χ2v) is 7.05. The predicted octanol–water partition coefficient (Wildman–Crippen LogP) is 3.35. The van der Waals surface area contributed by atoms with Crippen LogP contribution in [-0.2, 0) is 16.4 Å². The van der Waals surface area contributed by atoms with Crippen molar-refractivity contribution in [1.82, 2.24) is 0 Å². The van der Waals surface area contributed by atoms with Gasteiger partial charge in [-0.1, -0.05) is 41.9 Å². The van der Waals surface area contributed by atoms with E-state index in [1.807, 2.05) is 30.3 Å². The highest BCUT2D eigenvalue weighted by Gasteiger charge is 2.17. The molecule has 0 unspecified atom stereocenters. The van der Waals surface area contributed by atoms with Crippen LogP contribution in [0, 0.1) is 0 Å². The summed E-state index contributed by atoms with van der Waals surface area (Å²) in [7, 11) is -1.75. The fourth-order valence-electron chi connectivity index (χ4n) is 1.83. The van der Waals surface area contributed by atoms with Crippen molar-refractivity contribution in [1.29, 1.82) is 0 Å². The van der Waals surface area contributed by atoms with Crippen LogP contribution in [0.15, 0.2) is 54.6 Å². The molecule has 0 amide bonds. The Balaban J connectivity index is 2.06. The van der Waals surface area contributed by atoms with Crippen molar-refractivity contribution in [3.63, 3.8) is 0 Å². The van der Waals surface area contributed by atoms with E-state index in [0.29, 0.717) is 17.1 Å². The fourth-order valence-corrected chi connectivity index (χ4v) is 3.17. The van der Waals surface area contributed by atoms with Crippen LogP contribution in [0.1, 0.15) is 5.56 Å². The molecular weight excluding hydrogens is 294 g/mol. The molecule has 0 fully saturated rings. The monoisotopic (exact) mass is 309 g/mol. The number of hydrogen-bond acceptors (Lipinski definition) is 2. The van der Waals surface area contributed by atoms with E-state index in [9.17, 15) is 8.42 Å². The summed E-state index contributed by atoms with van der Waals surface area (Å²) in [6, 6.07) is 16.3. The number of para-hydroxylation sites is 1. The standard InChI is InChI=1S/C15H16ClNO2S/c1-17(15-5-3-2-4-6-15)20(18,19)12-11-13-7-9-14(16)10-8-13/h2-10H,11-12H2,1H3. The highest BCUT2D eigenvalue weighted by atomic mass is 35.5. The lowest BCUT2D eigenvalue weighted by Gasteiger charge is -2.19. The molecule has 0 spiro atoms. The van der Waals surface area contributed by atoms with Crippen molar-refractivity contribution in [2.24, 2.45) is 0 Å². The van der Waals surface area contributed by atoms with Crippen LogP contribution >= 0.6 is 11.6 Å². The Kier molecular flexibility index (Phi) is 4.68. The maximum atomic E-state index is 12.3. The van der Waals surface area contributed by atoms with E-state index in [0.717, 1.165) is 5.56 Å². The van der Waals surface area contributed by atoms with E-state index in [-0.39, 0.29) is 5.75 Å². The maximum Gasteiger partial charge on any atom is 0.235 e. The molecule has 0 saturated carbocycles. The number of sulfonamides is 1. The summed E-state index contributed by atoms with van der Waals surface area (Å²) in [5, 5.41) is 0.651. The first-order chi connectivity index (χ1) is 9.49. The molecule has 0 aromatic heterocycles. The molecule has 3 nitrogen and oxygen atoms in total. The molecule has 0 saturated heterocycles. The van der Waals surface area contributed by atoms with Crippen LogP contribution in [0.25, 0.3) is 0 Å². The van der Waals surface area contributed by atoms with Gasteiger partial charge in [0.1, 0.15) is 0 Å². The minimum absolute atomic E-state index is 0.0695. The van der Waals surface area contributed by atoms with Gasteiger partial charge in [-0.15, -0.1) is 0 Å². The number of hydrogen-bond donors (Lipinski definition) is 0. The van der Waals surface area contributed by atoms with Crippen molar-refractivity contribution in [3.05, 3.63) is 65.2 Å². The molecule has 2 aromatic carbocycles. The lowest BCUT2D eigenvalue weighted by atomic mass is 10.2. The number of halogens is 1. The van der Waals surface area contributed by atoms with Gasteiger partial charge in [0.25, 0.3) is 0 Å². The molecule has 0 aliphatic heterocycles. The highest BCUT2D eigenvalue weighted by Crippen LogP contribution is 2.17. The normalized spacial score (nSPS) is 11.3. The van der Waals surface area contributed by atoms with Crippen molar-refractivity contribution in [2.45, 2.75) is 6.42 Å². The quantitative estimate of drug-likeness (QED) is 0.849. The van der Waals surface area contributed by atoms with Crippen molar-refractivity contribution < 1.29 is 8.42 Å². The first-order valence-electron chi connectivity index (χ1n) is 6.25. The summed E-state index contributed by atoms with van der Waals surface area (Å²) >= 11 is 5.81. The third-order valence-electron chi connectivity index (χ3n) is 3.10. The Morgan fingerprint density at radius 2 is 1.60 bits per heavy atom. The van der Waals surface area contributed by atoms with Gasteiger partial charge in [0.05, 0.1) is 11.4 Å². The molecule has 0 aliphatic rings. The average molecular weight is 310 g/mol. The van der Waals surface area contributed by atoms with E-state index in [2.05, 4.69) is 0 Å². The van der Waals surface area contributed by atoms with E-state index in [1.54, 1.807) is 31.3 Å². The molecule has 0 N–H and O–H groups in total. The molecule has 0 bridgehead atoms. The highest BCUT2D eigenvalue weighted by molar-refractivity contribution is 7.92. The van der Waals surface area contributed by atoms with Gasteiger partial charge in [-0.25, -0.2) is 8.42 Å². The van der Waals surface area contributed by atoms with Crippen LogP contribution in [0.4, 0.5) is 5.69 Å². The number of aryl methyl sites for hydroxylation is 1. The molecule has 2 rings (SSSR count). The van der Waals surface area contributed by atoms with E-state index >= 15 is 0 Å². The fraction of sp³-hybridized carbons (Fsp3) is 0.200. The molecular formula is C15H16ClNO2S. The predicted molar refractivity (Wildman–Crippen MR) is 83.8 cm³/mol. The number of nitrogens with zero attached hydrogens (tertiary/aromatic N) is 1. The first-order valence-corrected chi connectivity index (χ1v) is 8.24. The summed E-state index contributed by atoms with van der Waals surface area (Å²) in [5.41, 5.74) is 1.63. The Labute approximate surface area is 124 Å². The van der Waals surface area contributed by atoms with Crippen molar-refractivity contribution in [3.8, 4) is 0 Å². The Bertz CT molecular complexity index is 654. The van der Waals surface area contributed by atoms with Gasteiger partial charge in [-0.3, -0.25) is 4.31 Å². The second kappa shape index (κ2) is 6.29. The van der Waals surface area contributed by atoms with Crippen LogP contribution in [0.3, 0.4) is 0 Å². The summed E-state index contributed by atoms with van der Waals surface area (Å²) in [5.74, 6) is 0.0695. The molecule has 0 heterocycles. The minimum Gasteiger partial charge on any atom is -0.273 e. The Morgan fingerprint density at radius 3 is 2.20 bits per heavy atom. The minimum atomic E-state index is -3.32. The topological polar surface area (TPSA) is 37.4 Å². The van der Waals surface area contributed by atoms with Crippen LogP contribution < -0.4 is 4.31 Å². The van der Waals surface area contributed by atoms with E-state index < -0.39 is 10.0 Å². The summed E-state index contributed by atoms with van der Waals surface area (Å²) in [6.45, 7) is 0. The third-order valence-corrected chi connectivity index (χ3v) is 5.12. The van der Waals surface area contributed by atoms with Crippen molar-refractivity contribution in [2.75, 3.05) is 17.1 Å². The average Bonchev–Trinajstić information content (AvgIpc) is 2.47. The lowest BCUT2D eigenvalue weighted by Crippen LogP contribution is -2.29. The van der Waals surface area contributed by atoms with Gasteiger partial charge in [-0.05, 0) is 36.2 Å². The third kappa shape index (κ3) is 3.74. The van der Waals surface area contributed by atoms with Crippen LogP contribution in [0.5, 0.6) is 0 Å². The molecule has 5 heteroatoms. The van der Waals surface area contributed by atoms with E-state index in [4.69, 9.17) is 11.6 Å². The molecule has 106 valence electrons. The molecule has 0 aliphatic carbocycles. The Morgan fingerprint density at radius 1 is 1.00 bits per heavy atom. The first kappa shape index (κ1) is 14.9. The molecule has 2 aromatic rings. The van der Waals surface area contributed by atoms with Gasteiger partial charge in [0, 0.05) is 12.1 Å². The number of anilines is 1. The zero-order chi connectivity index (χ0) is 14.6. The Hall–Kier alpha value is -1.52. The van der Waals surface area contributed by atoms with E-state index in [1.165, 1.54) is 4.31 Å². The maximum absolute atomic E-state index is 12.3. The zero-order valence-corrected chi connectivity index (χ0v) is 12.7. The SMILES string of the molecule is CN(c1ccccc1)S(=O)(=O)CCc1ccc(Cl)cc1. The molecule has 0 radical (unpaired) electrons. The van der Waals surface area contributed by atoms with Crippen molar-refractivity contribution >= 4 is 27.3 Å². The second-order valence-electron chi connectivity index (χ2n) is 4.50. The smallest absolute Gasteiger partial charge is 0.235 e. The molecule has 0 atom stereocenters. The molecule has 20 heavy (non-hydrogen) atoms. The van der Waals surface area contributed by atoms with Gasteiger partial charge < -0.3 is 0 Å².